The first-order chi connectivity index (χ1) is 7.74. The maximum Gasteiger partial charge on any atom is 0.0771 e. The molecule has 1 aromatic rings. The van der Waals surface area contributed by atoms with E-state index in [0.29, 0.717) is 6.04 Å². The molecule has 16 heavy (non-hydrogen) atoms. The Kier molecular flexibility index (Phi) is 5.96. The number of hydrogen-bond donors (Lipinski definition) is 0. The molecule has 1 heterocycles. The van der Waals surface area contributed by atoms with Gasteiger partial charge in [-0.25, -0.2) is 0 Å². The van der Waals surface area contributed by atoms with Crippen LogP contribution in [0.4, 0.5) is 0 Å². The molecule has 0 amide bonds. The molecule has 0 atom stereocenters. The highest BCUT2D eigenvalue weighted by Gasteiger charge is 2.10. The van der Waals surface area contributed by atoms with Gasteiger partial charge in [-0.05, 0) is 32.4 Å². The summed E-state index contributed by atoms with van der Waals surface area (Å²) in [7, 11) is 1.74. The average Bonchev–Trinajstić information content (AvgIpc) is 2.29. The molecule has 0 aliphatic rings. The quantitative estimate of drug-likeness (QED) is 0.660. The summed E-state index contributed by atoms with van der Waals surface area (Å²) < 4.78 is 5.07. The fraction of sp³-hybridized carbons (Fsp3) is 0.667. The standard InChI is InChI=1S/C12H21N3O/c1-11(2)15(8-5-9-16-3)10-12-6-4-7-13-14-12/h4,6-7,11H,5,8-10H2,1-3H3. The Morgan fingerprint density at radius 1 is 1.44 bits per heavy atom. The molecule has 1 aromatic heterocycles. The van der Waals surface area contributed by atoms with Crippen molar-refractivity contribution >= 4 is 0 Å². The van der Waals surface area contributed by atoms with Crippen LogP contribution < -0.4 is 0 Å². The Morgan fingerprint density at radius 3 is 2.81 bits per heavy atom. The molecule has 0 saturated carbocycles. The van der Waals surface area contributed by atoms with E-state index in [1.54, 1.807) is 13.3 Å². The van der Waals surface area contributed by atoms with Crippen LogP contribution in [0.1, 0.15) is 26.0 Å². The molecule has 1 rings (SSSR count). The molecule has 0 saturated heterocycles. The lowest BCUT2D eigenvalue weighted by atomic mass is 10.2. The zero-order valence-corrected chi connectivity index (χ0v) is 10.4. The van der Waals surface area contributed by atoms with Crippen molar-refractivity contribution in [2.75, 3.05) is 20.3 Å². The maximum atomic E-state index is 5.07. The summed E-state index contributed by atoms with van der Waals surface area (Å²) in [6, 6.07) is 4.45. The third-order valence-electron chi connectivity index (χ3n) is 2.52. The average molecular weight is 223 g/mol. The normalized spacial score (nSPS) is 11.3. The lowest BCUT2D eigenvalue weighted by Crippen LogP contribution is -2.32. The zero-order valence-electron chi connectivity index (χ0n) is 10.4. The van der Waals surface area contributed by atoms with Gasteiger partial charge in [0.15, 0.2) is 0 Å². The van der Waals surface area contributed by atoms with E-state index in [1.807, 2.05) is 12.1 Å². The predicted octanol–water partition coefficient (Wildman–Crippen LogP) is 1.72. The Balaban J connectivity index is 2.45. The molecule has 4 heteroatoms. The van der Waals surface area contributed by atoms with Gasteiger partial charge < -0.3 is 4.74 Å². The van der Waals surface area contributed by atoms with Gasteiger partial charge in [-0.1, -0.05) is 0 Å². The number of nitrogens with zero attached hydrogens (tertiary/aromatic N) is 3. The van der Waals surface area contributed by atoms with Crippen LogP contribution in [0.15, 0.2) is 18.3 Å². The fourth-order valence-corrected chi connectivity index (χ4v) is 1.56. The highest BCUT2D eigenvalue weighted by atomic mass is 16.5. The number of hydrogen-bond acceptors (Lipinski definition) is 4. The first-order valence-electron chi connectivity index (χ1n) is 5.73. The second-order valence-electron chi connectivity index (χ2n) is 4.13. The summed E-state index contributed by atoms with van der Waals surface area (Å²) in [5.74, 6) is 0. The SMILES string of the molecule is COCCCN(Cc1cccnn1)C(C)C. The van der Waals surface area contributed by atoms with Gasteiger partial charge in [-0.3, -0.25) is 4.90 Å². The summed E-state index contributed by atoms with van der Waals surface area (Å²) in [5.41, 5.74) is 1.02. The van der Waals surface area contributed by atoms with Crippen LogP contribution in [0.25, 0.3) is 0 Å². The molecule has 90 valence electrons. The topological polar surface area (TPSA) is 38.2 Å². The minimum atomic E-state index is 0.513. The molecule has 0 unspecified atom stereocenters. The molecular formula is C12H21N3O. The Bertz CT molecular complexity index is 277. The third kappa shape index (κ3) is 4.68. The molecule has 0 aliphatic heterocycles. The molecule has 0 N–H and O–H groups in total. The second kappa shape index (κ2) is 7.30. The van der Waals surface area contributed by atoms with Crippen LogP contribution in [0.5, 0.6) is 0 Å². The second-order valence-corrected chi connectivity index (χ2v) is 4.13. The molecule has 0 fully saturated rings. The number of methoxy groups -OCH3 is 1. The van der Waals surface area contributed by atoms with E-state index in [0.717, 1.165) is 31.8 Å². The van der Waals surface area contributed by atoms with Crippen molar-refractivity contribution in [3.63, 3.8) is 0 Å². The van der Waals surface area contributed by atoms with E-state index in [2.05, 4.69) is 28.9 Å². The van der Waals surface area contributed by atoms with Gasteiger partial charge in [0.1, 0.15) is 0 Å². The minimum absolute atomic E-state index is 0.513. The van der Waals surface area contributed by atoms with Crippen LogP contribution in [-0.4, -0.2) is 41.4 Å². The molecular weight excluding hydrogens is 202 g/mol. The van der Waals surface area contributed by atoms with E-state index in [9.17, 15) is 0 Å². The zero-order chi connectivity index (χ0) is 11.8. The van der Waals surface area contributed by atoms with Gasteiger partial charge in [0, 0.05) is 39.0 Å². The van der Waals surface area contributed by atoms with Crippen molar-refractivity contribution in [1.29, 1.82) is 0 Å². The van der Waals surface area contributed by atoms with E-state index < -0.39 is 0 Å². The van der Waals surface area contributed by atoms with Crippen molar-refractivity contribution < 1.29 is 4.74 Å². The van der Waals surface area contributed by atoms with Crippen LogP contribution in [-0.2, 0) is 11.3 Å². The first kappa shape index (κ1) is 13.1. The van der Waals surface area contributed by atoms with E-state index >= 15 is 0 Å². The highest BCUT2D eigenvalue weighted by molar-refractivity contribution is 4.99. The van der Waals surface area contributed by atoms with Gasteiger partial charge in [0.05, 0.1) is 5.69 Å². The van der Waals surface area contributed by atoms with Crippen molar-refractivity contribution in [3.05, 3.63) is 24.0 Å². The first-order valence-corrected chi connectivity index (χ1v) is 5.73. The summed E-state index contributed by atoms with van der Waals surface area (Å²) in [5, 5.41) is 8.00. The minimum Gasteiger partial charge on any atom is -0.385 e. The summed E-state index contributed by atoms with van der Waals surface area (Å²) in [6.45, 7) is 7.09. The van der Waals surface area contributed by atoms with Crippen molar-refractivity contribution in [3.8, 4) is 0 Å². The van der Waals surface area contributed by atoms with Crippen LogP contribution in [0.2, 0.25) is 0 Å². The summed E-state index contributed by atoms with van der Waals surface area (Å²) in [4.78, 5) is 2.38. The van der Waals surface area contributed by atoms with Crippen LogP contribution >= 0.6 is 0 Å². The van der Waals surface area contributed by atoms with Crippen LogP contribution in [0, 0.1) is 0 Å². The van der Waals surface area contributed by atoms with E-state index in [4.69, 9.17) is 4.74 Å². The van der Waals surface area contributed by atoms with Crippen molar-refractivity contribution in [2.45, 2.75) is 32.9 Å². The highest BCUT2D eigenvalue weighted by Crippen LogP contribution is 2.06. The van der Waals surface area contributed by atoms with Gasteiger partial charge in [-0.2, -0.15) is 10.2 Å². The number of ether oxygens (including phenoxy) is 1. The maximum absolute atomic E-state index is 5.07. The van der Waals surface area contributed by atoms with Gasteiger partial charge in [-0.15, -0.1) is 0 Å². The molecule has 0 aromatic carbocycles. The molecule has 0 bridgehead atoms. The monoisotopic (exact) mass is 223 g/mol. The lowest BCUT2D eigenvalue weighted by molar-refractivity contribution is 0.153. The Morgan fingerprint density at radius 2 is 2.25 bits per heavy atom. The van der Waals surface area contributed by atoms with E-state index in [-0.39, 0.29) is 0 Å². The smallest absolute Gasteiger partial charge is 0.0771 e. The molecule has 4 nitrogen and oxygen atoms in total. The van der Waals surface area contributed by atoms with Crippen molar-refractivity contribution in [2.24, 2.45) is 0 Å². The Labute approximate surface area is 97.6 Å². The fourth-order valence-electron chi connectivity index (χ4n) is 1.56. The van der Waals surface area contributed by atoms with E-state index in [1.165, 1.54) is 0 Å². The molecule has 0 spiro atoms. The molecule has 0 aliphatic carbocycles. The summed E-state index contributed by atoms with van der Waals surface area (Å²) in [6.07, 6.45) is 2.75. The van der Waals surface area contributed by atoms with Gasteiger partial charge in [0.25, 0.3) is 0 Å². The summed E-state index contributed by atoms with van der Waals surface area (Å²) >= 11 is 0. The van der Waals surface area contributed by atoms with Crippen molar-refractivity contribution in [1.82, 2.24) is 15.1 Å². The third-order valence-corrected chi connectivity index (χ3v) is 2.52. The largest absolute Gasteiger partial charge is 0.385 e. The van der Waals surface area contributed by atoms with Crippen LogP contribution in [0.3, 0.4) is 0 Å². The van der Waals surface area contributed by atoms with Gasteiger partial charge >= 0.3 is 0 Å². The Hall–Kier alpha value is -1.00. The van der Waals surface area contributed by atoms with Gasteiger partial charge in [0.2, 0.25) is 0 Å². The number of aromatic nitrogens is 2. The lowest BCUT2D eigenvalue weighted by Gasteiger charge is -2.25. The number of rotatable bonds is 7. The molecule has 0 radical (unpaired) electrons. The predicted molar refractivity (Wildman–Crippen MR) is 64.1 cm³/mol.